The molecule has 1 heterocycles. The fourth-order valence-corrected chi connectivity index (χ4v) is 4.08. The zero-order valence-electron chi connectivity index (χ0n) is 9.32. The summed E-state index contributed by atoms with van der Waals surface area (Å²) in [4.78, 5) is 11.9. The molecule has 1 fully saturated rings. The molecule has 1 aliphatic rings. The Balaban J connectivity index is 2.14. The Morgan fingerprint density at radius 2 is 2.17 bits per heavy atom. The molecule has 0 aromatic heterocycles. The number of hydrogen-bond donors (Lipinski definition) is 1. The lowest BCUT2D eigenvalue weighted by molar-refractivity contribution is 0.0936. The first-order chi connectivity index (χ1) is 8.39. The summed E-state index contributed by atoms with van der Waals surface area (Å²) in [7, 11) is -3.06. The second kappa shape index (κ2) is 4.97. The monoisotopic (exact) mass is 335 g/mol. The van der Waals surface area contributed by atoms with Gasteiger partial charge in [0, 0.05) is 10.5 Å². The van der Waals surface area contributed by atoms with Gasteiger partial charge in [0.15, 0.2) is 9.84 Å². The Morgan fingerprint density at radius 1 is 1.44 bits per heavy atom. The summed E-state index contributed by atoms with van der Waals surface area (Å²) in [5.74, 6) is -1.24. The van der Waals surface area contributed by atoms with Crippen LogP contribution in [0.3, 0.4) is 0 Å². The van der Waals surface area contributed by atoms with Crippen molar-refractivity contribution in [1.29, 1.82) is 0 Å². The fourth-order valence-electron chi connectivity index (χ4n) is 1.88. The summed E-state index contributed by atoms with van der Waals surface area (Å²) in [6, 6.07) is 3.79. The number of amides is 1. The highest BCUT2D eigenvalue weighted by Crippen LogP contribution is 2.20. The molecule has 2 rings (SSSR count). The molecule has 1 N–H and O–H groups in total. The topological polar surface area (TPSA) is 63.2 Å². The van der Waals surface area contributed by atoms with E-state index in [2.05, 4.69) is 21.2 Å². The van der Waals surface area contributed by atoms with Gasteiger partial charge in [-0.05, 0) is 34.5 Å². The molecule has 1 unspecified atom stereocenters. The van der Waals surface area contributed by atoms with Crippen LogP contribution in [-0.2, 0) is 9.84 Å². The molecule has 7 heteroatoms. The molecule has 0 spiro atoms. The van der Waals surface area contributed by atoms with Gasteiger partial charge < -0.3 is 5.32 Å². The number of nitrogens with one attached hydrogen (secondary N) is 1. The van der Waals surface area contributed by atoms with Gasteiger partial charge in [-0.25, -0.2) is 12.8 Å². The lowest BCUT2D eigenvalue weighted by Gasteiger charge is -2.12. The highest BCUT2D eigenvalue weighted by molar-refractivity contribution is 9.10. The quantitative estimate of drug-likeness (QED) is 0.890. The van der Waals surface area contributed by atoms with Crippen molar-refractivity contribution in [3.05, 3.63) is 34.1 Å². The van der Waals surface area contributed by atoms with Gasteiger partial charge in [-0.2, -0.15) is 0 Å². The third-order valence-corrected chi connectivity index (χ3v) is 5.19. The van der Waals surface area contributed by atoms with E-state index in [1.165, 1.54) is 12.1 Å². The number of sulfone groups is 1. The van der Waals surface area contributed by atoms with Crippen molar-refractivity contribution < 1.29 is 17.6 Å². The van der Waals surface area contributed by atoms with Crippen molar-refractivity contribution in [3.8, 4) is 0 Å². The van der Waals surface area contributed by atoms with E-state index < -0.39 is 27.6 Å². The predicted octanol–water partition coefficient (Wildman–Crippen LogP) is 1.51. The molecule has 0 saturated carbocycles. The van der Waals surface area contributed by atoms with E-state index >= 15 is 0 Å². The Kier molecular flexibility index (Phi) is 3.72. The average molecular weight is 336 g/mol. The van der Waals surface area contributed by atoms with Crippen LogP contribution in [0.25, 0.3) is 0 Å². The molecule has 0 aliphatic carbocycles. The maximum atomic E-state index is 13.5. The van der Waals surface area contributed by atoms with E-state index in [0.717, 1.165) is 0 Å². The average Bonchev–Trinajstić information content (AvgIpc) is 2.57. The van der Waals surface area contributed by atoms with Crippen molar-refractivity contribution in [1.82, 2.24) is 5.32 Å². The van der Waals surface area contributed by atoms with Crippen molar-refractivity contribution >= 4 is 31.7 Å². The van der Waals surface area contributed by atoms with Crippen LogP contribution in [0.1, 0.15) is 16.8 Å². The van der Waals surface area contributed by atoms with Gasteiger partial charge >= 0.3 is 0 Å². The largest absolute Gasteiger partial charge is 0.348 e. The van der Waals surface area contributed by atoms with Crippen LogP contribution in [0.5, 0.6) is 0 Å². The summed E-state index contributed by atoms with van der Waals surface area (Å²) in [5, 5.41) is 2.54. The molecule has 1 saturated heterocycles. The van der Waals surface area contributed by atoms with Crippen LogP contribution in [0.15, 0.2) is 22.7 Å². The standard InChI is InChI=1S/C11H11BrFNO3S/c12-8-2-1-3-9(13)10(8)11(15)14-7-4-5-18(16,17)6-7/h1-3,7H,4-6H2,(H,14,15). The lowest BCUT2D eigenvalue weighted by atomic mass is 10.1. The third-order valence-electron chi connectivity index (χ3n) is 2.76. The Bertz CT molecular complexity index is 568. The van der Waals surface area contributed by atoms with Crippen molar-refractivity contribution in [2.24, 2.45) is 0 Å². The smallest absolute Gasteiger partial charge is 0.255 e. The Morgan fingerprint density at radius 3 is 2.72 bits per heavy atom. The van der Waals surface area contributed by atoms with Crippen molar-refractivity contribution in [3.63, 3.8) is 0 Å². The highest BCUT2D eigenvalue weighted by Gasteiger charge is 2.30. The van der Waals surface area contributed by atoms with Crippen LogP contribution in [-0.4, -0.2) is 31.9 Å². The minimum absolute atomic E-state index is 0.0659. The van der Waals surface area contributed by atoms with Gasteiger partial charge in [0.1, 0.15) is 5.82 Å². The Hall–Kier alpha value is -0.950. The molecule has 18 heavy (non-hydrogen) atoms. The van der Waals surface area contributed by atoms with Gasteiger partial charge in [0.25, 0.3) is 5.91 Å². The molecular weight excluding hydrogens is 325 g/mol. The molecule has 1 aromatic rings. The Labute approximate surface area is 113 Å². The number of carbonyl (C=O) groups excluding carboxylic acids is 1. The molecule has 1 amide bonds. The van der Waals surface area contributed by atoms with Crippen LogP contribution in [0.2, 0.25) is 0 Å². The number of carbonyl (C=O) groups is 1. The number of halogens is 2. The predicted molar refractivity (Wildman–Crippen MR) is 68.6 cm³/mol. The molecule has 98 valence electrons. The second-order valence-corrected chi connectivity index (χ2v) is 7.25. The van der Waals surface area contributed by atoms with E-state index in [9.17, 15) is 17.6 Å². The lowest BCUT2D eigenvalue weighted by Crippen LogP contribution is -2.36. The second-order valence-electron chi connectivity index (χ2n) is 4.17. The number of benzene rings is 1. The van der Waals surface area contributed by atoms with Crippen molar-refractivity contribution in [2.75, 3.05) is 11.5 Å². The van der Waals surface area contributed by atoms with E-state index in [1.807, 2.05) is 0 Å². The summed E-state index contributed by atoms with van der Waals surface area (Å²) in [5.41, 5.74) is -0.0956. The first kappa shape index (κ1) is 13.5. The third kappa shape index (κ3) is 2.89. The zero-order valence-corrected chi connectivity index (χ0v) is 11.7. The SMILES string of the molecule is O=C(NC1CCS(=O)(=O)C1)c1c(F)cccc1Br. The molecular formula is C11H11BrFNO3S. The molecule has 0 bridgehead atoms. The van der Waals surface area contributed by atoms with Crippen LogP contribution < -0.4 is 5.32 Å². The summed E-state index contributed by atoms with van der Waals surface area (Å²) < 4.78 is 36.4. The summed E-state index contributed by atoms with van der Waals surface area (Å²) >= 11 is 3.10. The van der Waals surface area contributed by atoms with Gasteiger partial charge in [-0.3, -0.25) is 4.79 Å². The van der Waals surface area contributed by atoms with Crippen molar-refractivity contribution in [2.45, 2.75) is 12.5 Å². The molecule has 1 aliphatic heterocycles. The minimum atomic E-state index is -3.06. The first-order valence-electron chi connectivity index (χ1n) is 5.34. The first-order valence-corrected chi connectivity index (χ1v) is 7.96. The molecule has 4 nitrogen and oxygen atoms in total. The van der Waals surface area contributed by atoms with E-state index in [-0.39, 0.29) is 17.1 Å². The van der Waals surface area contributed by atoms with Crippen LogP contribution in [0.4, 0.5) is 4.39 Å². The zero-order chi connectivity index (χ0) is 13.3. The molecule has 1 atom stereocenters. The fraction of sp³-hybridized carbons (Fsp3) is 0.364. The van der Waals surface area contributed by atoms with Gasteiger partial charge in [-0.1, -0.05) is 6.07 Å². The minimum Gasteiger partial charge on any atom is -0.348 e. The number of hydrogen-bond acceptors (Lipinski definition) is 3. The molecule has 1 aromatic carbocycles. The number of rotatable bonds is 2. The van der Waals surface area contributed by atoms with Gasteiger partial charge in [-0.15, -0.1) is 0 Å². The van der Waals surface area contributed by atoms with Crippen LogP contribution >= 0.6 is 15.9 Å². The maximum Gasteiger partial charge on any atom is 0.255 e. The van der Waals surface area contributed by atoms with E-state index in [1.54, 1.807) is 6.07 Å². The van der Waals surface area contributed by atoms with E-state index in [0.29, 0.717) is 10.9 Å². The van der Waals surface area contributed by atoms with E-state index in [4.69, 9.17) is 0 Å². The molecule has 0 radical (unpaired) electrons. The summed E-state index contributed by atoms with van der Waals surface area (Å²) in [6.45, 7) is 0. The maximum absolute atomic E-state index is 13.5. The summed E-state index contributed by atoms with van der Waals surface area (Å²) in [6.07, 6.45) is 0.375. The van der Waals surface area contributed by atoms with Gasteiger partial charge in [0.2, 0.25) is 0 Å². The normalized spacial score (nSPS) is 21.8. The van der Waals surface area contributed by atoms with Gasteiger partial charge in [0.05, 0.1) is 17.1 Å². The highest BCUT2D eigenvalue weighted by atomic mass is 79.9. The van der Waals surface area contributed by atoms with Crippen LogP contribution in [0, 0.1) is 5.82 Å².